The summed E-state index contributed by atoms with van der Waals surface area (Å²) >= 11 is 1.33. The van der Waals surface area contributed by atoms with Crippen molar-refractivity contribution in [2.45, 2.75) is 13.8 Å². The smallest absolute Gasteiger partial charge is 0.260 e. The van der Waals surface area contributed by atoms with Gasteiger partial charge in [0.05, 0.1) is 17.5 Å². The van der Waals surface area contributed by atoms with Gasteiger partial charge in [0, 0.05) is 6.20 Å². The van der Waals surface area contributed by atoms with Crippen molar-refractivity contribution in [2.75, 3.05) is 5.32 Å². The first-order valence-corrected chi connectivity index (χ1v) is 7.04. The average molecular weight is 300 g/mol. The SMILES string of the molecule is Cc1nnc(NC(=O)c2cnn(-c3ccccn3)c2C)s1. The quantitative estimate of drug-likeness (QED) is 0.799. The van der Waals surface area contributed by atoms with Gasteiger partial charge in [0.15, 0.2) is 5.82 Å². The van der Waals surface area contributed by atoms with Crippen LogP contribution in [-0.2, 0) is 0 Å². The van der Waals surface area contributed by atoms with Gasteiger partial charge in [0.1, 0.15) is 5.01 Å². The molecule has 7 nitrogen and oxygen atoms in total. The highest BCUT2D eigenvalue weighted by Crippen LogP contribution is 2.17. The zero-order valence-corrected chi connectivity index (χ0v) is 12.3. The predicted molar refractivity (Wildman–Crippen MR) is 78.7 cm³/mol. The van der Waals surface area contributed by atoms with Crippen LogP contribution in [0.1, 0.15) is 21.1 Å². The molecule has 8 heteroatoms. The third-order valence-electron chi connectivity index (χ3n) is 2.87. The fourth-order valence-corrected chi connectivity index (χ4v) is 2.44. The highest BCUT2D eigenvalue weighted by atomic mass is 32.1. The van der Waals surface area contributed by atoms with Crippen LogP contribution < -0.4 is 5.32 Å². The number of carbonyl (C=O) groups is 1. The fraction of sp³-hybridized carbons (Fsp3) is 0.154. The molecule has 0 unspecified atom stereocenters. The van der Waals surface area contributed by atoms with Gasteiger partial charge >= 0.3 is 0 Å². The van der Waals surface area contributed by atoms with Crippen molar-refractivity contribution in [2.24, 2.45) is 0 Å². The van der Waals surface area contributed by atoms with Crippen LogP contribution >= 0.6 is 11.3 Å². The molecule has 0 radical (unpaired) electrons. The highest BCUT2D eigenvalue weighted by molar-refractivity contribution is 7.15. The summed E-state index contributed by atoms with van der Waals surface area (Å²) < 4.78 is 1.63. The Morgan fingerprint density at radius 3 is 2.81 bits per heavy atom. The number of aromatic nitrogens is 5. The van der Waals surface area contributed by atoms with Crippen molar-refractivity contribution < 1.29 is 4.79 Å². The zero-order chi connectivity index (χ0) is 14.8. The van der Waals surface area contributed by atoms with Crippen LogP contribution in [0.15, 0.2) is 30.6 Å². The van der Waals surface area contributed by atoms with Crippen molar-refractivity contribution in [3.63, 3.8) is 0 Å². The first-order chi connectivity index (χ1) is 10.1. The third-order valence-corrected chi connectivity index (χ3v) is 3.62. The summed E-state index contributed by atoms with van der Waals surface area (Å²) in [5, 5.41) is 15.9. The van der Waals surface area contributed by atoms with Gasteiger partial charge in [-0.2, -0.15) is 5.10 Å². The first-order valence-electron chi connectivity index (χ1n) is 6.22. The summed E-state index contributed by atoms with van der Waals surface area (Å²) in [5.41, 5.74) is 1.20. The van der Waals surface area contributed by atoms with Gasteiger partial charge < -0.3 is 0 Å². The minimum atomic E-state index is -0.258. The molecule has 3 rings (SSSR count). The molecule has 0 aliphatic carbocycles. The van der Waals surface area contributed by atoms with E-state index in [2.05, 4.69) is 25.6 Å². The van der Waals surface area contributed by atoms with E-state index >= 15 is 0 Å². The summed E-state index contributed by atoms with van der Waals surface area (Å²) in [7, 11) is 0. The lowest BCUT2D eigenvalue weighted by molar-refractivity contribution is 0.102. The van der Waals surface area contributed by atoms with Crippen LogP contribution in [0.5, 0.6) is 0 Å². The normalized spacial score (nSPS) is 10.6. The van der Waals surface area contributed by atoms with E-state index in [1.165, 1.54) is 17.5 Å². The second kappa shape index (κ2) is 5.41. The minimum absolute atomic E-state index is 0.258. The Bertz CT molecular complexity index is 779. The van der Waals surface area contributed by atoms with Gasteiger partial charge in [-0.25, -0.2) is 9.67 Å². The Morgan fingerprint density at radius 2 is 2.14 bits per heavy atom. The number of rotatable bonds is 3. The molecule has 1 amide bonds. The average Bonchev–Trinajstić information content (AvgIpc) is 3.06. The fourth-order valence-electron chi connectivity index (χ4n) is 1.85. The van der Waals surface area contributed by atoms with Crippen molar-refractivity contribution in [3.8, 4) is 5.82 Å². The number of hydrogen-bond donors (Lipinski definition) is 1. The molecule has 0 fully saturated rings. The molecular weight excluding hydrogens is 288 g/mol. The molecule has 0 bridgehead atoms. The molecule has 3 aromatic heterocycles. The lowest BCUT2D eigenvalue weighted by Gasteiger charge is -2.04. The number of nitrogens with zero attached hydrogens (tertiary/aromatic N) is 5. The number of amides is 1. The Morgan fingerprint density at radius 1 is 1.29 bits per heavy atom. The molecule has 106 valence electrons. The third kappa shape index (κ3) is 2.65. The number of nitrogens with one attached hydrogen (secondary N) is 1. The van der Waals surface area contributed by atoms with Crippen LogP contribution in [0.3, 0.4) is 0 Å². The molecule has 1 N–H and O–H groups in total. The van der Waals surface area contributed by atoms with Gasteiger partial charge in [0.2, 0.25) is 5.13 Å². The Hall–Kier alpha value is -2.61. The molecule has 3 aromatic rings. The van der Waals surface area contributed by atoms with Crippen molar-refractivity contribution in [1.29, 1.82) is 0 Å². The molecular formula is C13H12N6OS. The number of aryl methyl sites for hydroxylation is 1. The standard InChI is InChI=1S/C13H12N6OS/c1-8-10(12(20)16-13-18-17-9(2)21-13)7-15-19(8)11-5-3-4-6-14-11/h3-7H,1-2H3,(H,16,18,20). The van der Waals surface area contributed by atoms with Gasteiger partial charge in [-0.3, -0.25) is 10.1 Å². The van der Waals surface area contributed by atoms with Gasteiger partial charge in [-0.1, -0.05) is 17.4 Å². The van der Waals surface area contributed by atoms with E-state index in [1.54, 1.807) is 10.9 Å². The van der Waals surface area contributed by atoms with E-state index < -0.39 is 0 Å². The van der Waals surface area contributed by atoms with Crippen LogP contribution in [0.25, 0.3) is 5.82 Å². The Kier molecular flexibility index (Phi) is 3.44. The highest BCUT2D eigenvalue weighted by Gasteiger charge is 2.16. The molecule has 0 saturated heterocycles. The van der Waals surface area contributed by atoms with Crippen LogP contribution in [0.2, 0.25) is 0 Å². The molecule has 3 heterocycles. The van der Waals surface area contributed by atoms with Crippen LogP contribution in [-0.4, -0.2) is 30.9 Å². The molecule has 0 atom stereocenters. The van der Waals surface area contributed by atoms with E-state index in [4.69, 9.17) is 0 Å². The van der Waals surface area contributed by atoms with Gasteiger partial charge in [-0.05, 0) is 26.0 Å². The van der Waals surface area contributed by atoms with E-state index in [-0.39, 0.29) is 5.91 Å². The van der Waals surface area contributed by atoms with Crippen molar-refractivity contribution in [3.05, 3.63) is 46.9 Å². The molecule has 0 saturated carbocycles. The van der Waals surface area contributed by atoms with Crippen LogP contribution in [0.4, 0.5) is 5.13 Å². The Labute approximate surface area is 124 Å². The van der Waals surface area contributed by atoms with E-state index in [0.29, 0.717) is 22.2 Å². The summed E-state index contributed by atoms with van der Waals surface area (Å²) in [4.78, 5) is 16.5. The summed E-state index contributed by atoms with van der Waals surface area (Å²) in [6.07, 6.45) is 3.20. The van der Waals surface area contributed by atoms with E-state index in [9.17, 15) is 4.79 Å². The Balaban J connectivity index is 1.87. The molecule has 0 spiro atoms. The van der Waals surface area contributed by atoms with Crippen LogP contribution in [0, 0.1) is 13.8 Å². The molecule has 21 heavy (non-hydrogen) atoms. The minimum Gasteiger partial charge on any atom is -0.296 e. The van der Waals surface area contributed by atoms with E-state index in [0.717, 1.165) is 5.01 Å². The monoisotopic (exact) mass is 300 g/mol. The number of hydrogen-bond acceptors (Lipinski definition) is 6. The summed E-state index contributed by atoms with van der Waals surface area (Å²) in [6, 6.07) is 5.52. The maximum absolute atomic E-state index is 12.2. The molecule has 0 aliphatic rings. The van der Waals surface area contributed by atoms with E-state index in [1.807, 2.05) is 32.0 Å². The zero-order valence-electron chi connectivity index (χ0n) is 11.4. The van der Waals surface area contributed by atoms with Gasteiger partial charge in [0.25, 0.3) is 5.91 Å². The molecule has 0 aromatic carbocycles. The maximum atomic E-state index is 12.2. The topological polar surface area (TPSA) is 85.6 Å². The van der Waals surface area contributed by atoms with Crippen molar-refractivity contribution in [1.82, 2.24) is 25.0 Å². The maximum Gasteiger partial charge on any atom is 0.260 e. The second-order valence-electron chi connectivity index (χ2n) is 4.32. The molecule has 0 aliphatic heterocycles. The van der Waals surface area contributed by atoms with Gasteiger partial charge in [-0.15, -0.1) is 10.2 Å². The van der Waals surface area contributed by atoms with Crippen molar-refractivity contribution >= 4 is 22.4 Å². The second-order valence-corrected chi connectivity index (χ2v) is 5.51. The first kappa shape index (κ1) is 13.4. The number of carbonyl (C=O) groups excluding carboxylic acids is 1. The number of anilines is 1. The lowest BCUT2D eigenvalue weighted by atomic mass is 10.2. The summed E-state index contributed by atoms with van der Waals surface area (Å²) in [6.45, 7) is 3.65. The lowest BCUT2D eigenvalue weighted by Crippen LogP contribution is -2.13. The number of pyridine rings is 1. The summed E-state index contributed by atoms with van der Waals surface area (Å²) in [5.74, 6) is 0.409. The predicted octanol–water partition coefficient (Wildman–Crippen LogP) is 1.99. The largest absolute Gasteiger partial charge is 0.296 e.